The molecule has 0 amide bonds. The molecule has 2 aliphatic carbocycles. The lowest BCUT2D eigenvalue weighted by atomic mass is 9.54. The van der Waals surface area contributed by atoms with Crippen LogP contribution in [0.15, 0.2) is 11.6 Å². The Morgan fingerprint density at radius 1 is 1.28 bits per heavy atom. The second-order valence-corrected chi connectivity index (χ2v) is 9.95. The molecule has 1 heterocycles. The van der Waals surface area contributed by atoms with Crippen molar-refractivity contribution in [1.82, 2.24) is 0 Å². The van der Waals surface area contributed by atoms with Gasteiger partial charge in [0.05, 0.1) is 11.7 Å². The van der Waals surface area contributed by atoms with Crippen molar-refractivity contribution in [3.05, 3.63) is 11.6 Å². The Hall–Kier alpha value is -1.73. The Balaban J connectivity index is 2.01. The highest BCUT2D eigenvalue weighted by atomic mass is 16.7. The number of carbonyl (C=O) groups excluding carboxylic acids is 3. The van der Waals surface area contributed by atoms with Crippen LogP contribution < -0.4 is 0 Å². The van der Waals surface area contributed by atoms with Crippen LogP contribution in [-0.2, 0) is 28.6 Å². The molecule has 0 bridgehead atoms. The second-order valence-electron chi connectivity index (χ2n) is 9.95. The maximum Gasteiger partial charge on any atom is 0.341 e. The predicted octanol–water partition coefficient (Wildman–Crippen LogP) is 2.48. The molecule has 1 saturated carbocycles. The first-order valence-electron chi connectivity index (χ1n) is 10.2. The number of Topliss-reactive ketones (excluding diaryl/α,β-unsaturated/α-hetero) is 1. The minimum Gasteiger partial charge on any atom is -0.456 e. The van der Waals surface area contributed by atoms with Crippen LogP contribution in [0, 0.1) is 11.3 Å². The van der Waals surface area contributed by atoms with Crippen molar-refractivity contribution in [2.45, 2.75) is 96.7 Å². The Bertz CT molecular complexity index is 779. The Labute approximate surface area is 171 Å². The van der Waals surface area contributed by atoms with E-state index in [2.05, 4.69) is 0 Å². The standard InChI is InChI=1S/C22H32O7/c1-12-21(6,28-12)18(25)27-17-8-9-20(5)11-15(24)14(19(3,4)26)10-16(20)22(17,7)29-13(2)23/h10,12,16-17,26H,8-9,11H2,1-7H3/t12-,16-,17-,20-,21-,22-/m1/s1. The number of esters is 2. The lowest BCUT2D eigenvalue weighted by molar-refractivity contribution is -0.212. The molecule has 3 aliphatic rings. The average Bonchev–Trinajstić information content (AvgIpc) is 3.16. The first-order chi connectivity index (χ1) is 13.1. The van der Waals surface area contributed by atoms with E-state index in [-0.39, 0.29) is 18.3 Å². The Morgan fingerprint density at radius 2 is 1.86 bits per heavy atom. The number of epoxide rings is 1. The third kappa shape index (κ3) is 3.63. The van der Waals surface area contributed by atoms with Gasteiger partial charge in [0.2, 0.25) is 0 Å². The zero-order chi connectivity index (χ0) is 22.0. The smallest absolute Gasteiger partial charge is 0.341 e. The molecule has 0 aromatic heterocycles. The summed E-state index contributed by atoms with van der Waals surface area (Å²) >= 11 is 0. The van der Waals surface area contributed by atoms with Gasteiger partial charge in [-0.2, -0.15) is 0 Å². The quantitative estimate of drug-likeness (QED) is 0.563. The third-order valence-electron chi connectivity index (χ3n) is 7.00. The van der Waals surface area contributed by atoms with Crippen molar-refractivity contribution in [3.63, 3.8) is 0 Å². The average molecular weight is 408 g/mol. The van der Waals surface area contributed by atoms with Gasteiger partial charge in [-0.15, -0.1) is 0 Å². The van der Waals surface area contributed by atoms with Crippen LogP contribution in [0.3, 0.4) is 0 Å². The number of hydrogen-bond donors (Lipinski definition) is 1. The number of hydrogen-bond acceptors (Lipinski definition) is 7. The zero-order valence-corrected chi connectivity index (χ0v) is 18.3. The molecule has 1 saturated heterocycles. The van der Waals surface area contributed by atoms with Crippen molar-refractivity contribution in [1.29, 1.82) is 0 Å². The van der Waals surface area contributed by atoms with Gasteiger partial charge in [0, 0.05) is 24.8 Å². The fourth-order valence-electron chi connectivity index (χ4n) is 5.04. The summed E-state index contributed by atoms with van der Waals surface area (Å²) in [4.78, 5) is 37.4. The molecule has 162 valence electrons. The van der Waals surface area contributed by atoms with Crippen molar-refractivity contribution < 1.29 is 33.7 Å². The Kier molecular flexibility index (Phi) is 5.03. The van der Waals surface area contributed by atoms with E-state index < -0.39 is 46.2 Å². The summed E-state index contributed by atoms with van der Waals surface area (Å²) in [6, 6.07) is 0. The lowest BCUT2D eigenvalue weighted by Gasteiger charge is -2.55. The van der Waals surface area contributed by atoms with Gasteiger partial charge < -0.3 is 19.3 Å². The van der Waals surface area contributed by atoms with Gasteiger partial charge in [-0.25, -0.2) is 4.79 Å². The fraction of sp³-hybridized carbons (Fsp3) is 0.773. The zero-order valence-electron chi connectivity index (χ0n) is 18.3. The molecular weight excluding hydrogens is 376 g/mol. The van der Waals surface area contributed by atoms with E-state index in [1.54, 1.807) is 40.7 Å². The highest BCUT2D eigenvalue weighted by Crippen LogP contribution is 2.55. The van der Waals surface area contributed by atoms with Crippen LogP contribution in [0.5, 0.6) is 0 Å². The highest BCUT2D eigenvalue weighted by Gasteiger charge is 2.62. The molecule has 3 rings (SSSR count). The van der Waals surface area contributed by atoms with Crippen LogP contribution in [-0.4, -0.2) is 51.8 Å². The molecule has 2 fully saturated rings. The maximum atomic E-state index is 12.7. The monoisotopic (exact) mass is 408 g/mol. The van der Waals surface area contributed by atoms with Gasteiger partial charge in [0.25, 0.3) is 0 Å². The lowest BCUT2D eigenvalue weighted by Crippen LogP contribution is -2.61. The van der Waals surface area contributed by atoms with Crippen LogP contribution in [0.25, 0.3) is 0 Å². The van der Waals surface area contributed by atoms with E-state index in [1.807, 2.05) is 6.92 Å². The van der Waals surface area contributed by atoms with Crippen molar-refractivity contribution in [2.24, 2.45) is 11.3 Å². The molecule has 0 spiro atoms. The van der Waals surface area contributed by atoms with Crippen LogP contribution in [0.4, 0.5) is 0 Å². The third-order valence-corrected chi connectivity index (χ3v) is 7.00. The summed E-state index contributed by atoms with van der Waals surface area (Å²) in [6.45, 7) is 11.7. The first-order valence-corrected chi connectivity index (χ1v) is 10.2. The molecule has 7 nitrogen and oxygen atoms in total. The second kappa shape index (κ2) is 6.64. The maximum absolute atomic E-state index is 12.7. The summed E-state index contributed by atoms with van der Waals surface area (Å²) in [5.74, 6) is -1.47. The van der Waals surface area contributed by atoms with Gasteiger partial charge in [-0.05, 0) is 52.9 Å². The number of fused-ring (bicyclic) bond motifs is 1. The number of carbonyl (C=O) groups is 3. The van der Waals surface area contributed by atoms with Gasteiger partial charge in [0.15, 0.2) is 17.0 Å². The highest BCUT2D eigenvalue weighted by molar-refractivity contribution is 5.98. The van der Waals surface area contributed by atoms with E-state index in [9.17, 15) is 19.5 Å². The largest absolute Gasteiger partial charge is 0.456 e. The number of aliphatic hydroxyl groups is 1. The molecule has 0 aromatic rings. The van der Waals surface area contributed by atoms with Gasteiger partial charge in [-0.3, -0.25) is 9.59 Å². The van der Waals surface area contributed by atoms with Crippen LogP contribution in [0.1, 0.15) is 67.7 Å². The SMILES string of the molecule is CC(=O)O[C@]1(C)[C@@H]2C=C(C(C)(C)O)C(=O)C[C@@]2(C)CC[C@H]1OC(=O)[C@]1(C)O[C@@H]1C. The number of ether oxygens (including phenoxy) is 3. The minimum absolute atomic E-state index is 0.107. The molecule has 1 N–H and O–H groups in total. The van der Waals surface area contributed by atoms with E-state index >= 15 is 0 Å². The molecule has 1 aliphatic heterocycles. The fourth-order valence-corrected chi connectivity index (χ4v) is 5.04. The van der Waals surface area contributed by atoms with Gasteiger partial charge >= 0.3 is 11.9 Å². The van der Waals surface area contributed by atoms with E-state index in [0.29, 0.717) is 18.4 Å². The predicted molar refractivity (Wildman–Crippen MR) is 104 cm³/mol. The summed E-state index contributed by atoms with van der Waals surface area (Å²) in [6.07, 6.45) is 2.15. The normalized spacial score (nSPS) is 41.9. The molecular formula is C22H32O7. The summed E-state index contributed by atoms with van der Waals surface area (Å²) in [5.41, 5.74) is -3.62. The topological polar surface area (TPSA) is 102 Å². The first kappa shape index (κ1) is 22.0. The van der Waals surface area contributed by atoms with Crippen molar-refractivity contribution >= 4 is 17.7 Å². The minimum atomic E-state index is -1.32. The van der Waals surface area contributed by atoms with Crippen LogP contribution in [0.2, 0.25) is 0 Å². The molecule has 0 aromatic carbocycles. The molecule has 0 radical (unpaired) electrons. The van der Waals surface area contributed by atoms with Gasteiger partial charge in [-0.1, -0.05) is 13.0 Å². The Morgan fingerprint density at radius 3 is 2.34 bits per heavy atom. The van der Waals surface area contributed by atoms with E-state index in [1.165, 1.54) is 6.92 Å². The van der Waals surface area contributed by atoms with Crippen molar-refractivity contribution in [2.75, 3.05) is 0 Å². The number of rotatable bonds is 4. The molecule has 0 unspecified atom stereocenters. The number of ketones is 1. The summed E-state index contributed by atoms with van der Waals surface area (Å²) in [7, 11) is 0. The summed E-state index contributed by atoms with van der Waals surface area (Å²) < 4.78 is 17.0. The van der Waals surface area contributed by atoms with Crippen molar-refractivity contribution in [3.8, 4) is 0 Å². The summed E-state index contributed by atoms with van der Waals surface area (Å²) in [5, 5.41) is 10.5. The molecule has 6 atom stereocenters. The van der Waals surface area contributed by atoms with E-state index in [4.69, 9.17) is 14.2 Å². The van der Waals surface area contributed by atoms with Gasteiger partial charge in [0.1, 0.15) is 6.10 Å². The van der Waals surface area contributed by atoms with Crippen LogP contribution >= 0.6 is 0 Å². The molecule has 7 heteroatoms. The van der Waals surface area contributed by atoms with E-state index in [0.717, 1.165) is 0 Å². The molecule has 29 heavy (non-hydrogen) atoms.